The van der Waals surface area contributed by atoms with Gasteiger partial charge in [0.1, 0.15) is 12.2 Å². The van der Waals surface area contributed by atoms with Crippen molar-refractivity contribution in [1.82, 2.24) is 0 Å². The van der Waals surface area contributed by atoms with Crippen LogP contribution >= 0.6 is 7.82 Å². The lowest BCUT2D eigenvalue weighted by atomic mass is 10.1. The molecule has 86 valence electrons. The Kier molecular flexibility index (Phi) is 8.07. The molecule has 14 heavy (non-hydrogen) atoms. The highest BCUT2D eigenvalue weighted by Gasteiger charge is 2.18. The summed E-state index contributed by atoms with van der Waals surface area (Å²) in [6.07, 6.45) is -2.79. The fraction of sp³-hybridized carbons (Fsp3) is 0.800. The number of aliphatic hydroxyl groups excluding tert-OH is 3. The molecule has 0 saturated heterocycles. The Morgan fingerprint density at radius 1 is 1.29 bits per heavy atom. The van der Waals surface area contributed by atoms with Crippen LogP contribution < -0.4 is 0 Å². The van der Waals surface area contributed by atoms with Gasteiger partial charge in [0, 0.05) is 0 Å². The van der Waals surface area contributed by atoms with Crippen molar-refractivity contribution < 1.29 is 39.4 Å². The molecule has 0 bridgehead atoms. The summed E-state index contributed by atoms with van der Waals surface area (Å²) in [5, 5.41) is 25.4. The summed E-state index contributed by atoms with van der Waals surface area (Å²) >= 11 is 0. The standard InChI is InChI=1S/C5H10O4.H3O4P/c1-3(7)5(9)4(8)2-6;1-5(2,3)4/h4-6,8-9H,2H2,1H3;(H3,1,2,3,4). The van der Waals surface area contributed by atoms with E-state index < -0.39 is 32.4 Å². The summed E-state index contributed by atoms with van der Waals surface area (Å²) in [7, 11) is -4.64. The molecule has 0 aromatic carbocycles. The summed E-state index contributed by atoms with van der Waals surface area (Å²) in [6.45, 7) is 0.546. The van der Waals surface area contributed by atoms with Crippen molar-refractivity contribution in [2.45, 2.75) is 19.1 Å². The van der Waals surface area contributed by atoms with Crippen LogP contribution in [-0.2, 0) is 9.36 Å². The van der Waals surface area contributed by atoms with Gasteiger partial charge >= 0.3 is 7.82 Å². The number of hydrogen-bond donors (Lipinski definition) is 6. The second-order valence-electron chi connectivity index (χ2n) is 2.32. The first-order valence-corrected chi connectivity index (χ1v) is 4.91. The zero-order valence-corrected chi connectivity index (χ0v) is 8.20. The first kappa shape index (κ1) is 16.1. The van der Waals surface area contributed by atoms with Crippen LogP contribution in [0, 0.1) is 0 Å². The fourth-order valence-corrected chi connectivity index (χ4v) is 0.371. The van der Waals surface area contributed by atoms with Crippen LogP contribution in [0.3, 0.4) is 0 Å². The molecule has 0 spiro atoms. The van der Waals surface area contributed by atoms with E-state index in [1.165, 1.54) is 0 Å². The van der Waals surface area contributed by atoms with E-state index in [-0.39, 0.29) is 0 Å². The highest BCUT2D eigenvalue weighted by Crippen LogP contribution is 2.25. The minimum Gasteiger partial charge on any atom is -0.394 e. The lowest BCUT2D eigenvalue weighted by Gasteiger charge is -2.10. The van der Waals surface area contributed by atoms with Crippen LogP contribution in [0.1, 0.15) is 6.92 Å². The van der Waals surface area contributed by atoms with Crippen LogP contribution in [0.25, 0.3) is 0 Å². The average Bonchev–Trinajstić information content (AvgIpc) is 1.98. The lowest BCUT2D eigenvalue weighted by molar-refractivity contribution is -0.132. The molecule has 0 aliphatic carbocycles. The molecule has 0 aromatic heterocycles. The zero-order valence-electron chi connectivity index (χ0n) is 7.31. The highest BCUT2D eigenvalue weighted by molar-refractivity contribution is 7.45. The van der Waals surface area contributed by atoms with E-state index in [2.05, 4.69) is 0 Å². The molecular weight excluding hydrogens is 219 g/mol. The third-order valence-electron chi connectivity index (χ3n) is 0.968. The van der Waals surface area contributed by atoms with Crippen molar-refractivity contribution in [3.63, 3.8) is 0 Å². The molecule has 0 radical (unpaired) electrons. The van der Waals surface area contributed by atoms with Crippen LogP contribution in [0.4, 0.5) is 0 Å². The van der Waals surface area contributed by atoms with E-state index in [1.807, 2.05) is 0 Å². The smallest absolute Gasteiger partial charge is 0.394 e. The van der Waals surface area contributed by atoms with E-state index in [0.29, 0.717) is 0 Å². The van der Waals surface area contributed by atoms with Gasteiger partial charge in [-0.25, -0.2) is 4.57 Å². The predicted molar refractivity (Wildman–Crippen MR) is 44.0 cm³/mol. The molecule has 8 nitrogen and oxygen atoms in total. The van der Waals surface area contributed by atoms with E-state index in [1.54, 1.807) is 0 Å². The second kappa shape index (κ2) is 7.02. The maximum Gasteiger partial charge on any atom is 0.466 e. The quantitative estimate of drug-likeness (QED) is 0.288. The Morgan fingerprint density at radius 3 is 1.64 bits per heavy atom. The van der Waals surface area contributed by atoms with Gasteiger partial charge in [0.15, 0.2) is 5.78 Å². The third kappa shape index (κ3) is 14.2. The van der Waals surface area contributed by atoms with Gasteiger partial charge in [-0.1, -0.05) is 0 Å². The molecule has 2 atom stereocenters. The minimum absolute atomic E-state index is 0.545. The van der Waals surface area contributed by atoms with Crippen LogP contribution in [0.15, 0.2) is 0 Å². The number of phosphoric acid groups is 1. The summed E-state index contributed by atoms with van der Waals surface area (Å²) in [4.78, 5) is 31.8. The van der Waals surface area contributed by atoms with Gasteiger partial charge in [0.2, 0.25) is 0 Å². The maximum absolute atomic E-state index is 10.2. The molecule has 0 rings (SSSR count). The molecule has 0 saturated carbocycles. The molecule has 0 fully saturated rings. The number of hydrogen-bond acceptors (Lipinski definition) is 5. The fourth-order valence-electron chi connectivity index (χ4n) is 0.371. The normalized spacial score (nSPS) is 15.1. The van der Waals surface area contributed by atoms with Gasteiger partial charge in [0.05, 0.1) is 6.61 Å². The van der Waals surface area contributed by atoms with E-state index in [4.69, 9.17) is 34.6 Å². The van der Waals surface area contributed by atoms with Crippen molar-refractivity contribution in [3.8, 4) is 0 Å². The number of carbonyl (C=O) groups is 1. The Hall–Kier alpha value is -0.340. The molecule has 0 amide bonds. The Morgan fingerprint density at radius 2 is 1.57 bits per heavy atom. The van der Waals surface area contributed by atoms with Crippen molar-refractivity contribution >= 4 is 13.6 Å². The van der Waals surface area contributed by atoms with Crippen molar-refractivity contribution in [2.75, 3.05) is 6.61 Å². The van der Waals surface area contributed by atoms with Crippen LogP contribution in [-0.4, -0.2) is 54.6 Å². The molecule has 0 aliphatic rings. The van der Waals surface area contributed by atoms with Crippen molar-refractivity contribution in [3.05, 3.63) is 0 Å². The summed E-state index contributed by atoms with van der Waals surface area (Å²) in [5.41, 5.74) is 0. The maximum atomic E-state index is 10.2. The molecule has 0 aromatic rings. The number of ketones is 1. The number of Topliss-reactive ketones (excluding diaryl/α,β-unsaturated/α-hetero) is 1. The minimum atomic E-state index is -4.64. The third-order valence-corrected chi connectivity index (χ3v) is 0.968. The molecular formula is C5H13O8P. The second-order valence-corrected chi connectivity index (χ2v) is 3.35. The van der Waals surface area contributed by atoms with Crippen molar-refractivity contribution in [2.24, 2.45) is 0 Å². The predicted octanol–water partition coefficient (Wildman–Crippen LogP) is -2.64. The molecule has 6 N–H and O–H groups in total. The largest absolute Gasteiger partial charge is 0.466 e. The van der Waals surface area contributed by atoms with Crippen LogP contribution in [0.2, 0.25) is 0 Å². The summed E-state index contributed by atoms with van der Waals surface area (Å²) in [6, 6.07) is 0. The summed E-state index contributed by atoms with van der Waals surface area (Å²) < 4.78 is 8.88. The Bertz CT molecular complexity index is 202. The number of rotatable bonds is 3. The molecule has 0 heterocycles. The van der Waals surface area contributed by atoms with Crippen molar-refractivity contribution in [1.29, 1.82) is 0 Å². The molecule has 0 aliphatic heterocycles. The average molecular weight is 232 g/mol. The van der Waals surface area contributed by atoms with E-state index in [9.17, 15) is 4.79 Å². The van der Waals surface area contributed by atoms with Gasteiger partial charge in [-0.15, -0.1) is 0 Å². The SMILES string of the molecule is CC(=O)C(O)C(O)CO.O=P(O)(O)O. The van der Waals surface area contributed by atoms with E-state index in [0.717, 1.165) is 6.92 Å². The van der Waals surface area contributed by atoms with Crippen LogP contribution in [0.5, 0.6) is 0 Å². The van der Waals surface area contributed by atoms with Gasteiger partial charge in [-0.2, -0.15) is 0 Å². The zero-order chi connectivity index (χ0) is 11.9. The molecule has 9 heteroatoms. The topological polar surface area (TPSA) is 156 Å². The lowest BCUT2D eigenvalue weighted by Crippen LogP contribution is -2.34. The first-order chi connectivity index (χ1) is 6.09. The van der Waals surface area contributed by atoms with Gasteiger partial charge in [-0.05, 0) is 6.92 Å². The Balaban J connectivity index is 0. The summed E-state index contributed by atoms with van der Waals surface area (Å²) in [5.74, 6) is -0.545. The Labute approximate surface area is 79.7 Å². The highest BCUT2D eigenvalue weighted by atomic mass is 31.2. The molecule has 2 unspecified atom stereocenters. The van der Waals surface area contributed by atoms with Gasteiger partial charge < -0.3 is 30.0 Å². The number of aliphatic hydroxyl groups is 3. The van der Waals surface area contributed by atoms with Gasteiger partial charge in [-0.3, -0.25) is 4.79 Å². The number of carbonyl (C=O) groups excluding carboxylic acids is 1. The monoisotopic (exact) mass is 232 g/mol. The first-order valence-electron chi connectivity index (χ1n) is 3.35. The van der Waals surface area contributed by atoms with E-state index >= 15 is 0 Å². The van der Waals surface area contributed by atoms with Gasteiger partial charge in [0.25, 0.3) is 0 Å².